The molecule has 0 saturated carbocycles. The number of carbonyl (C=O) groups excluding carboxylic acids is 4. The van der Waals surface area contributed by atoms with Crippen LogP contribution in [0, 0.1) is 0 Å². The Morgan fingerprint density at radius 2 is 1.50 bits per heavy atom. The summed E-state index contributed by atoms with van der Waals surface area (Å²) >= 11 is 0. The van der Waals surface area contributed by atoms with E-state index < -0.39 is 38.8 Å². The fourth-order valence-corrected chi connectivity index (χ4v) is 2.82. The molecule has 20 heavy (non-hydrogen) atoms. The maximum atomic E-state index is 11.7. The zero-order chi connectivity index (χ0) is 15.9. The van der Waals surface area contributed by atoms with Gasteiger partial charge in [0.15, 0.2) is 6.10 Å². The Kier molecular flexibility index (Phi) is 6.63. The highest BCUT2D eigenvalue weighted by atomic mass is 28.4. The second-order valence-electron chi connectivity index (χ2n) is 3.75. The van der Waals surface area contributed by atoms with Gasteiger partial charge in [0.1, 0.15) is 0 Å². The third-order valence-electron chi connectivity index (χ3n) is 1.74. The molecule has 0 aliphatic rings. The largest absolute Gasteiger partial charge is 0.701 e. The van der Waals surface area contributed by atoms with E-state index in [1.54, 1.807) is 0 Å². The van der Waals surface area contributed by atoms with Gasteiger partial charge in [-0.1, -0.05) is 6.58 Å². The minimum atomic E-state index is -3.83. The molecule has 0 aromatic carbocycles. The van der Waals surface area contributed by atoms with Crippen molar-refractivity contribution in [3.8, 4) is 0 Å². The Bertz CT molecular complexity index is 414. The maximum absolute atomic E-state index is 11.7. The van der Waals surface area contributed by atoms with E-state index >= 15 is 0 Å². The molecule has 0 aliphatic heterocycles. The van der Waals surface area contributed by atoms with Gasteiger partial charge in [-0.3, -0.25) is 9.59 Å². The molecule has 0 aromatic heterocycles. The van der Waals surface area contributed by atoms with Crippen molar-refractivity contribution < 1.29 is 37.2 Å². The van der Waals surface area contributed by atoms with Crippen LogP contribution in [0.1, 0.15) is 20.8 Å². The van der Waals surface area contributed by atoms with Crippen LogP contribution in [0.4, 0.5) is 0 Å². The molecule has 0 fully saturated rings. The molecule has 0 heterocycles. The number of carbonyl (C=O) groups is 4. The first-order valence-corrected chi connectivity index (χ1v) is 7.77. The van der Waals surface area contributed by atoms with Gasteiger partial charge in [0, 0.05) is 26.5 Å². The van der Waals surface area contributed by atoms with Crippen LogP contribution in [0.2, 0.25) is 6.55 Å². The number of hydrogen-bond donors (Lipinski definition) is 0. The first-order valence-electron chi connectivity index (χ1n) is 5.54. The van der Waals surface area contributed by atoms with Crippen LogP contribution >= 0.6 is 0 Å². The Hall–Kier alpha value is -2.16. The smallest absolute Gasteiger partial charge is 0.455 e. The third kappa shape index (κ3) is 6.68. The topological polar surface area (TPSA) is 105 Å². The second-order valence-corrected chi connectivity index (χ2v) is 6.09. The van der Waals surface area contributed by atoms with Crippen molar-refractivity contribution in [2.24, 2.45) is 0 Å². The van der Waals surface area contributed by atoms with Crippen LogP contribution in [0.3, 0.4) is 0 Å². The Morgan fingerprint density at radius 3 is 1.85 bits per heavy atom. The van der Waals surface area contributed by atoms with Crippen molar-refractivity contribution >= 4 is 32.7 Å². The lowest BCUT2D eigenvalue weighted by Gasteiger charge is -2.24. The molecule has 0 aliphatic carbocycles. The molecule has 1 unspecified atom stereocenters. The van der Waals surface area contributed by atoms with Gasteiger partial charge in [0.25, 0.3) is 11.9 Å². The number of esters is 1. The van der Waals surface area contributed by atoms with Gasteiger partial charge >= 0.3 is 20.7 Å². The zero-order valence-electron chi connectivity index (χ0n) is 11.6. The summed E-state index contributed by atoms with van der Waals surface area (Å²) in [6, 6.07) is 0. The highest BCUT2D eigenvalue weighted by Gasteiger charge is 2.47. The van der Waals surface area contributed by atoms with Crippen molar-refractivity contribution in [1.82, 2.24) is 0 Å². The van der Waals surface area contributed by atoms with Gasteiger partial charge in [0.2, 0.25) is 0 Å². The molecule has 9 heteroatoms. The second kappa shape index (κ2) is 7.43. The van der Waals surface area contributed by atoms with E-state index in [2.05, 4.69) is 11.3 Å². The van der Waals surface area contributed by atoms with Gasteiger partial charge < -0.3 is 18.0 Å². The van der Waals surface area contributed by atoms with Gasteiger partial charge in [0.05, 0.1) is 0 Å². The Labute approximate surface area is 117 Å². The maximum Gasteiger partial charge on any atom is 0.701 e. The SMILES string of the molecule is C=CC(=O)OC(C)C(=O)O[Si](C)(OC(C)=O)OC(C)=O. The molecular formula is C11H16O8Si. The summed E-state index contributed by atoms with van der Waals surface area (Å²) < 4.78 is 19.0. The van der Waals surface area contributed by atoms with Crippen LogP contribution < -0.4 is 0 Å². The highest BCUT2D eigenvalue weighted by molar-refractivity contribution is 6.64. The van der Waals surface area contributed by atoms with Gasteiger partial charge in [-0.25, -0.2) is 9.59 Å². The molecular weight excluding hydrogens is 288 g/mol. The summed E-state index contributed by atoms with van der Waals surface area (Å²) in [5.41, 5.74) is 0. The lowest BCUT2D eigenvalue weighted by atomic mass is 10.4. The van der Waals surface area contributed by atoms with E-state index in [9.17, 15) is 19.2 Å². The molecule has 1 atom stereocenters. The molecule has 112 valence electrons. The lowest BCUT2D eigenvalue weighted by Crippen LogP contribution is -2.48. The fourth-order valence-electron chi connectivity index (χ4n) is 1.12. The Morgan fingerprint density at radius 1 is 1.05 bits per heavy atom. The summed E-state index contributed by atoms with van der Waals surface area (Å²) in [6.07, 6.45) is -0.392. The average Bonchev–Trinajstić information content (AvgIpc) is 2.25. The minimum Gasteiger partial charge on any atom is -0.455 e. The summed E-state index contributed by atoms with van der Waals surface area (Å²) in [4.78, 5) is 44.5. The predicted octanol–water partition coefficient (Wildman–Crippen LogP) is 0.342. The van der Waals surface area contributed by atoms with E-state index in [4.69, 9.17) is 13.3 Å². The van der Waals surface area contributed by atoms with Crippen molar-refractivity contribution in [3.05, 3.63) is 12.7 Å². The van der Waals surface area contributed by atoms with Crippen molar-refractivity contribution in [2.45, 2.75) is 33.4 Å². The quantitative estimate of drug-likeness (QED) is 0.393. The molecule has 0 radical (unpaired) electrons. The predicted molar refractivity (Wildman–Crippen MR) is 67.0 cm³/mol. The fraction of sp³-hybridized carbons (Fsp3) is 0.455. The van der Waals surface area contributed by atoms with E-state index in [0.717, 1.165) is 19.9 Å². The third-order valence-corrected chi connectivity index (χ3v) is 3.62. The summed E-state index contributed by atoms with van der Waals surface area (Å²) in [5, 5.41) is 0. The monoisotopic (exact) mass is 304 g/mol. The first-order chi connectivity index (χ1) is 9.09. The van der Waals surface area contributed by atoms with Crippen molar-refractivity contribution in [2.75, 3.05) is 0 Å². The van der Waals surface area contributed by atoms with Crippen LogP contribution in [0.25, 0.3) is 0 Å². The molecule has 0 saturated heterocycles. The summed E-state index contributed by atoms with van der Waals surface area (Å²) in [7, 11) is -3.83. The minimum absolute atomic E-state index is 0.774. The normalized spacial score (nSPS) is 11.8. The molecule has 0 aromatic rings. The standard InChI is InChI=1S/C11H16O8Si/c1-6-10(14)16-7(2)11(15)19-20(5,17-8(3)12)18-9(4)13/h6-7H,1H2,2-5H3. The number of hydrogen-bond acceptors (Lipinski definition) is 8. The summed E-state index contributed by atoms with van der Waals surface area (Å²) in [5.74, 6) is -3.37. The van der Waals surface area contributed by atoms with Crippen LogP contribution in [0.15, 0.2) is 12.7 Å². The van der Waals surface area contributed by atoms with Gasteiger partial charge in [-0.15, -0.1) is 0 Å². The average molecular weight is 304 g/mol. The molecule has 0 amide bonds. The van der Waals surface area contributed by atoms with Crippen molar-refractivity contribution in [3.63, 3.8) is 0 Å². The summed E-state index contributed by atoms with van der Waals surface area (Å²) in [6.45, 7) is 7.76. The highest BCUT2D eigenvalue weighted by Crippen LogP contribution is 2.12. The van der Waals surface area contributed by atoms with Gasteiger partial charge in [-0.05, 0) is 6.92 Å². The van der Waals surface area contributed by atoms with E-state index in [1.807, 2.05) is 0 Å². The van der Waals surface area contributed by atoms with E-state index in [1.165, 1.54) is 13.5 Å². The lowest BCUT2D eigenvalue weighted by molar-refractivity contribution is -0.162. The van der Waals surface area contributed by atoms with Crippen LogP contribution in [0.5, 0.6) is 0 Å². The van der Waals surface area contributed by atoms with Crippen LogP contribution in [-0.2, 0) is 37.2 Å². The first kappa shape index (κ1) is 17.8. The molecule has 0 N–H and O–H groups in total. The molecule has 0 bridgehead atoms. The van der Waals surface area contributed by atoms with Gasteiger partial charge in [-0.2, -0.15) is 0 Å². The zero-order valence-corrected chi connectivity index (χ0v) is 12.6. The number of rotatable bonds is 6. The number of ether oxygens (including phenoxy) is 1. The van der Waals surface area contributed by atoms with Crippen molar-refractivity contribution in [1.29, 1.82) is 0 Å². The molecule has 0 spiro atoms. The molecule has 8 nitrogen and oxygen atoms in total. The van der Waals surface area contributed by atoms with E-state index in [-0.39, 0.29) is 0 Å². The van der Waals surface area contributed by atoms with E-state index in [0.29, 0.717) is 0 Å². The Balaban J connectivity index is 4.83. The van der Waals surface area contributed by atoms with Crippen LogP contribution in [-0.4, -0.2) is 38.8 Å². The molecule has 0 rings (SSSR count).